The number of hydrogen-bond acceptors (Lipinski definition) is 2. The minimum Gasteiger partial charge on any atom is -0.336 e. The molecule has 0 aliphatic carbocycles. The summed E-state index contributed by atoms with van der Waals surface area (Å²) in [6.07, 6.45) is 3.28. The summed E-state index contributed by atoms with van der Waals surface area (Å²) in [6, 6.07) is 1.83. The van der Waals surface area contributed by atoms with Crippen molar-refractivity contribution in [1.82, 2.24) is 9.55 Å². The van der Waals surface area contributed by atoms with Gasteiger partial charge in [-0.1, -0.05) is 13.8 Å². The molecule has 12 heavy (non-hydrogen) atoms. The second kappa shape index (κ2) is 5.52. The molecule has 1 heterocycles. The van der Waals surface area contributed by atoms with E-state index in [1.54, 1.807) is 12.5 Å². The van der Waals surface area contributed by atoms with Gasteiger partial charge in [-0.05, 0) is 13.8 Å². The highest BCUT2D eigenvalue weighted by atomic mass is 16.1. The Kier molecular flexibility index (Phi) is 5.00. The summed E-state index contributed by atoms with van der Waals surface area (Å²) in [5.74, 6) is 0. The standard InChI is InChI=1S/C7H10N2O.C2H6.H2/c1-6(2)9-4-3-7(10)8-5-9;1-2;/h3-6H,1-2H3;1-2H3;1H/i;;1+1. The first-order chi connectivity index (χ1) is 5.70. The highest BCUT2D eigenvalue weighted by molar-refractivity contribution is 4.82. The summed E-state index contributed by atoms with van der Waals surface area (Å²) >= 11 is 0. The van der Waals surface area contributed by atoms with E-state index in [4.69, 9.17) is 0 Å². The molecule has 1 aromatic rings. The van der Waals surface area contributed by atoms with Crippen LogP contribution in [0.15, 0.2) is 23.4 Å². The number of aromatic nitrogens is 2. The fourth-order valence-electron chi connectivity index (χ4n) is 0.660. The molecule has 0 radical (unpaired) electrons. The number of rotatable bonds is 1. The zero-order valence-corrected chi connectivity index (χ0v) is 8.11. The molecule has 0 aromatic carbocycles. The molecule has 0 spiro atoms. The highest BCUT2D eigenvalue weighted by Gasteiger charge is 1.92. The van der Waals surface area contributed by atoms with E-state index in [9.17, 15) is 4.79 Å². The molecule has 1 rings (SSSR count). The molecule has 0 bridgehead atoms. The second-order valence-electron chi connectivity index (χ2n) is 2.44. The van der Waals surface area contributed by atoms with E-state index in [2.05, 4.69) is 4.98 Å². The Labute approximate surface area is 74.6 Å². The van der Waals surface area contributed by atoms with Crippen LogP contribution in [0.2, 0.25) is 0 Å². The van der Waals surface area contributed by atoms with Crippen molar-refractivity contribution in [1.29, 1.82) is 0 Å². The quantitative estimate of drug-likeness (QED) is 0.648. The maximum atomic E-state index is 10.5. The van der Waals surface area contributed by atoms with Crippen molar-refractivity contribution in [2.24, 2.45) is 0 Å². The van der Waals surface area contributed by atoms with E-state index in [0.29, 0.717) is 6.04 Å². The van der Waals surface area contributed by atoms with E-state index >= 15 is 0 Å². The van der Waals surface area contributed by atoms with Crippen LogP contribution >= 0.6 is 0 Å². The predicted molar refractivity (Wildman–Crippen MR) is 52.3 cm³/mol. The topological polar surface area (TPSA) is 34.9 Å². The summed E-state index contributed by atoms with van der Waals surface area (Å²) in [5, 5.41) is 0. The molecule has 0 aliphatic rings. The van der Waals surface area contributed by atoms with Gasteiger partial charge in [0.25, 0.3) is 5.56 Å². The smallest absolute Gasteiger partial charge is 0.272 e. The number of nitrogens with zero attached hydrogens (tertiary/aromatic N) is 2. The Morgan fingerprint density at radius 1 is 1.50 bits per heavy atom. The van der Waals surface area contributed by atoms with Gasteiger partial charge in [0.05, 0.1) is 6.33 Å². The van der Waals surface area contributed by atoms with Gasteiger partial charge < -0.3 is 4.57 Å². The average Bonchev–Trinajstić information content (AvgIpc) is 2.09. The lowest BCUT2D eigenvalue weighted by Crippen LogP contribution is -2.09. The molecule has 0 amide bonds. The van der Waals surface area contributed by atoms with E-state index < -0.39 is 0 Å². The van der Waals surface area contributed by atoms with Crippen molar-refractivity contribution < 1.29 is 1.43 Å². The highest BCUT2D eigenvalue weighted by Crippen LogP contribution is 1.98. The van der Waals surface area contributed by atoms with Crippen molar-refractivity contribution in [3.8, 4) is 0 Å². The summed E-state index contributed by atoms with van der Waals surface area (Å²) in [4.78, 5) is 14.1. The van der Waals surface area contributed by atoms with Crippen LogP contribution in [0.4, 0.5) is 0 Å². The monoisotopic (exact) mass is 171 g/mol. The van der Waals surface area contributed by atoms with Gasteiger partial charge in [-0.15, -0.1) is 0 Å². The first-order valence-electron chi connectivity index (χ1n) is 4.24. The van der Waals surface area contributed by atoms with Gasteiger partial charge >= 0.3 is 0 Å². The van der Waals surface area contributed by atoms with Crippen LogP contribution in [0.25, 0.3) is 0 Å². The number of hydrogen-bond donors (Lipinski definition) is 0. The van der Waals surface area contributed by atoms with Gasteiger partial charge in [0.15, 0.2) is 0 Å². The van der Waals surface area contributed by atoms with Gasteiger partial charge in [0, 0.05) is 19.7 Å². The first-order valence-corrected chi connectivity index (χ1v) is 4.24. The lowest BCUT2D eigenvalue weighted by Gasteiger charge is -2.06. The minimum atomic E-state index is -0.183. The van der Waals surface area contributed by atoms with Gasteiger partial charge in [-0.3, -0.25) is 4.79 Å². The first kappa shape index (κ1) is 10.9. The molecular weight excluding hydrogens is 152 g/mol. The van der Waals surface area contributed by atoms with E-state index in [-0.39, 0.29) is 6.99 Å². The molecule has 1 aromatic heterocycles. The molecule has 0 unspecified atom stereocenters. The Morgan fingerprint density at radius 3 is 2.42 bits per heavy atom. The molecule has 0 saturated heterocycles. The molecule has 3 nitrogen and oxygen atoms in total. The average molecular weight is 171 g/mol. The third kappa shape index (κ3) is 3.32. The van der Waals surface area contributed by atoms with E-state index in [0.717, 1.165) is 0 Å². The van der Waals surface area contributed by atoms with Gasteiger partial charge in [0.1, 0.15) is 0 Å². The SMILES string of the molecule is CC.CC(C)n1ccc(=O)nc1.[2HH]. The van der Waals surface area contributed by atoms with Gasteiger partial charge in [-0.2, -0.15) is 4.98 Å². The Morgan fingerprint density at radius 2 is 2.08 bits per heavy atom. The van der Waals surface area contributed by atoms with Gasteiger partial charge in [0.2, 0.25) is 0 Å². The van der Waals surface area contributed by atoms with Crippen molar-refractivity contribution in [2.45, 2.75) is 33.7 Å². The van der Waals surface area contributed by atoms with E-state index in [1.807, 2.05) is 32.3 Å². The van der Waals surface area contributed by atoms with Crippen molar-refractivity contribution in [3.63, 3.8) is 0 Å². The Balaban J connectivity index is 0. The molecule has 0 N–H and O–H groups in total. The fourth-order valence-corrected chi connectivity index (χ4v) is 0.660. The van der Waals surface area contributed by atoms with Crippen LogP contribution in [-0.2, 0) is 0 Å². The molecule has 0 saturated carbocycles. The fraction of sp³-hybridized carbons (Fsp3) is 0.556. The van der Waals surface area contributed by atoms with Crippen molar-refractivity contribution >= 4 is 0 Å². The van der Waals surface area contributed by atoms with Gasteiger partial charge in [-0.25, -0.2) is 0 Å². The normalized spacial score (nSPS) is 9.08. The molecule has 0 atom stereocenters. The zero-order valence-electron chi connectivity index (χ0n) is 8.11. The predicted octanol–water partition coefficient (Wildman–Crippen LogP) is 2.10. The van der Waals surface area contributed by atoms with Crippen LogP contribution in [-0.4, -0.2) is 9.55 Å². The minimum absolute atomic E-state index is 0. The lowest BCUT2D eigenvalue weighted by molar-refractivity contribution is 0.583. The zero-order chi connectivity index (χ0) is 9.56. The van der Waals surface area contributed by atoms with E-state index in [1.165, 1.54) is 6.07 Å². The third-order valence-corrected chi connectivity index (χ3v) is 1.30. The lowest BCUT2D eigenvalue weighted by atomic mass is 10.4. The maximum Gasteiger partial charge on any atom is 0.272 e. The Hall–Kier alpha value is -1.12. The molecular formula is C9H18N2O. The molecule has 70 valence electrons. The summed E-state index contributed by atoms with van der Waals surface area (Å²) in [5.41, 5.74) is -0.183. The van der Waals surface area contributed by atoms with Crippen LogP contribution in [0, 0.1) is 0 Å². The molecule has 0 fully saturated rings. The largest absolute Gasteiger partial charge is 0.336 e. The van der Waals surface area contributed by atoms with Crippen molar-refractivity contribution in [2.75, 3.05) is 0 Å². The third-order valence-electron chi connectivity index (χ3n) is 1.30. The summed E-state index contributed by atoms with van der Waals surface area (Å²) in [7, 11) is 0. The van der Waals surface area contributed by atoms with Crippen molar-refractivity contribution in [3.05, 3.63) is 28.9 Å². The molecule has 3 heteroatoms. The maximum absolute atomic E-state index is 10.5. The second-order valence-corrected chi connectivity index (χ2v) is 2.44. The van der Waals surface area contributed by atoms with Crippen LogP contribution in [0.5, 0.6) is 0 Å². The van der Waals surface area contributed by atoms with Crippen LogP contribution < -0.4 is 5.56 Å². The summed E-state index contributed by atoms with van der Waals surface area (Å²) in [6.45, 7) is 8.07. The van der Waals surface area contributed by atoms with Crippen LogP contribution in [0.3, 0.4) is 0 Å². The molecule has 0 aliphatic heterocycles. The Bertz CT molecular complexity index is 250. The summed E-state index contributed by atoms with van der Waals surface area (Å²) < 4.78 is 1.88. The van der Waals surface area contributed by atoms with Crippen LogP contribution in [0.1, 0.15) is 35.2 Å².